The van der Waals surface area contributed by atoms with Gasteiger partial charge in [0, 0.05) is 12.7 Å². The summed E-state index contributed by atoms with van der Waals surface area (Å²) in [4.78, 5) is 24.0. The largest absolute Gasteiger partial charge is 0.481 e. The first-order valence-electron chi connectivity index (χ1n) is 9.58. The van der Waals surface area contributed by atoms with E-state index in [9.17, 15) is 14.7 Å². The number of carboxylic acid groups (broad SMARTS) is 1. The number of cyclic esters (lactones) is 1. The van der Waals surface area contributed by atoms with Gasteiger partial charge in [0.15, 0.2) is 0 Å². The average Bonchev–Trinajstić information content (AvgIpc) is 2.94. The van der Waals surface area contributed by atoms with Gasteiger partial charge in [0.2, 0.25) is 6.29 Å². The molecule has 0 unspecified atom stereocenters. The molecule has 0 spiro atoms. The van der Waals surface area contributed by atoms with Crippen LogP contribution < -0.4 is 0 Å². The summed E-state index contributed by atoms with van der Waals surface area (Å²) in [7, 11) is 1.51. The van der Waals surface area contributed by atoms with Crippen molar-refractivity contribution in [2.45, 2.75) is 65.1 Å². The van der Waals surface area contributed by atoms with Gasteiger partial charge in [0.05, 0.1) is 5.41 Å². The fraction of sp³-hybridized carbons (Fsp3) is 0.714. The third kappa shape index (κ3) is 3.00. The van der Waals surface area contributed by atoms with Crippen molar-refractivity contribution in [2.24, 2.45) is 22.7 Å². The molecule has 1 N–H and O–H groups in total. The topological polar surface area (TPSA) is 72.8 Å². The van der Waals surface area contributed by atoms with Crippen LogP contribution in [0.2, 0.25) is 0 Å². The maximum Gasteiger partial charge on any atom is 0.336 e. The highest BCUT2D eigenvalue weighted by molar-refractivity contribution is 5.90. The minimum atomic E-state index is -0.676. The Bertz CT molecular complexity index is 651. The molecule has 26 heavy (non-hydrogen) atoms. The maximum atomic E-state index is 12.0. The molecule has 0 amide bonds. The van der Waals surface area contributed by atoms with Gasteiger partial charge in [-0.25, -0.2) is 4.79 Å². The maximum absolute atomic E-state index is 12.0. The number of aliphatic carboxylic acids is 1. The summed E-state index contributed by atoms with van der Waals surface area (Å²) >= 11 is 0. The highest BCUT2D eigenvalue weighted by Gasteiger charge is 2.57. The minimum Gasteiger partial charge on any atom is -0.481 e. The second-order valence-corrected chi connectivity index (χ2v) is 8.62. The lowest BCUT2D eigenvalue weighted by Crippen LogP contribution is -2.53. The molecule has 3 aliphatic rings. The molecule has 3 rings (SSSR count). The molecule has 0 aromatic carbocycles. The van der Waals surface area contributed by atoms with Crippen LogP contribution in [0, 0.1) is 22.7 Å². The van der Waals surface area contributed by atoms with Gasteiger partial charge in [-0.1, -0.05) is 25.5 Å². The van der Waals surface area contributed by atoms with Crippen molar-refractivity contribution in [3.63, 3.8) is 0 Å². The highest BCUT2D eigenvalue weighted by atomic mass is 16.7. The number of carbonyl (C=O) groups excluding carboxylic acids is 1. The fourth-order valence-electron chi connectivity index (χ4n) is 5.79. The Morgan fingerprint density at radius 3 is 2.77 bits per heavy atom. The van der Waals surface area contributed by atoms with E-state index < -0.39 is 17.7 Å². The summed E-state index contributed by atoms with van der Waals surface area (Å²) < 4.78 is 10.2. The normalized spacial score (nSPS) is 40.0. The zero-order chi connectivity index (χ0) is 19.1. The molecule has 0 saturated heterocycles. The van der Waals surface area contributed by atoms with Gasteiger partial charge in [0.25, 0.3) is 0 Å². The lowest BCUT2D eigenvalue weighted by molar-refractivity contribution is -0.164. The third-order valence-corrected chi connectivity index (χ3v) is 7.27. The van der Waals surface area contributed by atoms with Crippen LogP contribution in [-0.4, -0.2) is 30.4 Å². The van der Waals surface area contributed by atoms with Crippen molar-refractivity contribution in [1.29, 1.82) is 0 Å². The van der Waals surface area contributed by atoms with Crippen LogP contribution in [0.5, 0.6) is 0 Å². The van der Waals surface area contributed by atoms with E-state index in [4.69, 9.17) is 9.47 Å². The van der Waals surface area contributed by atoms with Gasteiger partial charge in [0.1, 0.15) is 0 Å². The third-order valence-electron chi connectivity index (χ3n) is 7.27. The number of carboxylic acids is 1. The number of carbonyl (C=O) groups is 2. The van der Waals surface area contributed by atoms with Gasteiger partial charge < -0.3 is 14.6 Å². The number of methoxy groups -OCH3 is 1. The quantitative estimate of drug-likeness (QED) is 0.589. The average molecular weight is 362 g/mol. The standard InChI is InChI=1S/C21H30O5/c1-13-6-9-16-20(2,10-5-11-21(16,3)19(23)24)15(13)8-7-14-12-17(25-4)26-18(14)22/h12,15-17H,1,5-11H2,2-4H3,(H,23,24)/t15-,16+,17-,20+,21-/m0/s1. The number of rotatable bonds is 5. The van der Waals surface area contributed by atoms with Crippen LogP contribution in [0.3, 0.4) is 0 Å². The Labute approximate surface area is 155 Å². The first-order chi connectivity index (χ1) is 12.2. The summed E-state index contributed by atoms with van der Waals surface area (Å²) in [6.45, 7) is 8.47. The van der Waals surface area contributed by atoms with E-state index in [1.165, 1.54) is 12.7 Å². The Morgan fingerprint density at radius 2 is 2.15 bits per heavy atom. The lowest BCUT2D eigenvalue weighted by Gasteiger charge is -2.57. The highest BCUT2D eigenvalue weighted by Crippen LogP contribution is 2.62. The second kappa shape index (κ2) is 6.84. The first kappa shape index (κ1) is 19.2. The molecule has 1 aliphatic heterocycles. The zero-order valence-electron chi connectivity index (χ0n) is 16.0. The van der Waals surface area contributed by atoms with Crippen LogP contribution in [0.4, 0.5) is 0 Å². The van der Waals surface area contributed by atoms with Gasteiger partial charge >= 0.3 is 11.9 Å². The molecule has 0 aromatic rings. The molecule has 5 atom stereocenters. The van der Waals surface area contributed by atoms with Crippen LogP contribution in [0.1, 0.15) is 58.8 Å². The SMILES string of the molecule is C=C1CC[C@@H]2[C@](C)(CCC[C@]2(C)C(=O)O)[C@H]1CCC1=C[C@@H](OC)OC1=O. The molecule has 2 saturated carbocycles. The van der Waals surface area contributed by atoms with Crippen LogP contribution >= 0.6 is 0 Å². The van der Waals surface area contributed by atoms with Gasteiger partial charge in [-0.2, -0.15) is 0 Å². The smallest absolute Gasteiger partial charge is 0.336 e. The minimum absolute atomic E-state index is 0.0789. The van der Waals surface area contributed by atoms with E-state index in [2.05, 4.69) is 13.5 Å². The number of ether oxygens (including phenoxy) is 2. The fourth-order valence-corrected chi connectivity index (χ4v) is 5.79. The van der Waals surface area contributed by atoms with E-state index in [-0.39, 0.29) is 23.2 Å². The Morgan fingerprint density at radius 1 is 1.42 bits per heavy atom. The van der Waals surface area contributed by atoms with Gasteiger partial charge in [-0.05, 0) is 68.8 Å². The monoisotopic (exact) mass is 362 g/mol. The number of hydrogen-bond donors (Lipinski definition) is 1. The molecule has 5 nitrogen and oxygen atoms in total. The predicted octanol–water partition coefficient (Wildman–Crippen LogP) is 4.09. The Hall–Kier alpha value is -1.62. The van der Waals surface area contributed by atoms with Crippen molar-refractivity contribution < 1.29 is 24.2 Å². The van der Waals surface area contributed by atoms with Crippen LogP contribution in [0.25, 0.3) is 0 Å². The van der Waals surface area contributed by atoms with Crippen molar-refractivity contribution in [3.8, 4) is 0 Å². The second-order valence-electron chi connectivity index (χ2n) is 8.62. The van der Waals surface area contributed by atoms with Crippen LogP contribution in [0.15, 0.2) is 23.8 Å². The predicted molar refractivity (Wildman–Crippen MR) is 97.3 cm³/mol. The summed E-state index contributed by atoms with van der Waals surface area (Å²) in [6.07, 6.45) is 7.05. The molecule has 1 heterocycles. The van der Waals surface area contributed by atoms with Crippen LogP contribution in [-0.2, 0) is 19.1 Å². The van der Waals surface area contributed by atoms with Crippen molar-refractivity contribution in [2.75, 3.05) is 7.11 Å². The van der Waals surface area contributed by atoms with Gasteiger partial charge in [-0.15, -0.1) is 0 Å². The molecule has 0 bridgehead atoms. The molecule has 2 aliphatic carbocycles. The number of hydrogen-bond acceptors (Lipinski definition) is 4. The molecule has 0 radical (unpaired) electrons. The van der Waals surface area contributed by atoms with E-state index in [1.54, 1.807) is 6.08 Å². The lowest BCUT2D eigenvalue weighted by atomic mass is 9.46. The van der Waals surface area contributed by atoms with Gasteiger partial charge in [-0.3, -0.25) is 4.79 Å². The van der Waals surface area contributed by atoms with E-state index >= 15 is 0 Å². The molecular weight excluding hydrogens is 332 g/mol. The summed E-state index contributed by atoms with van der Waals surface area (Å²) in [6, 6.07) is 0. The van der Waals surface area contributed by atoms with E-state index in [1.807, 2.05) is 6.92 Å². The van der Waals surface area contributed by atoms with Crippen molar-refractivity contribution >= 4 is 11.9 Å². The molecule has 2 fully saturated rings. The number of esters is 1. The number of allylic oxidation sites excluding steroid dienone is 1. The Kier molecular flexibility index (Phi) is 5.04. The van der Waals surface area contributed by atoms with Crippen molar-refractivity contribution in [1.82, 2.24) is 0 Å². The van der Waals surface area contributed by atoms with Crippen molar-refractivity contribution in [3.05, 3.63) is 23.8 Å². The van der Waals surface area contributed by atoms with E-state index in [0.29, 0.717) is 12.0 Å². The summed E-state index contributed by atoms with van der Waals surface area (Å²) in [5.41, 5.74) is 1.11. The van der Waals surface area contributed by atoms with E-state index in [0.717, 1.165) is 38.5 Å². The first-order valence-corrected chi connectivity index (χ1v) is 9.58. The Balaban J connectivity index is 1.81. The molecular formula is C21H30O5. The molecule has 5 heteroatoms. The number of fused-ring (bicyclic) bond motifs is 1. The summed E-state index contributed by atoms with van der Waals surface area (Å²) in [5.74, 6) is -0.604. The zero-order valence-corrected chi connectivity index (χ0v) is 16.0. The summed E-state index contributed by atoms with van der Waals surface area (Å²) in [5, 5.41) is 9.89. The molecule has 144 valence electrons. The molecule has 0 aromatic heterocycles.